The zero-order valence-corrected chi connectivity index (χ0v) is 67.8. The lowest BCUT2D eigenvalue weighted by Gasteiger charge is -2.19. The van der Waals surface area contributed by atoms with Crippen molar-refractivity contribution in [2.75, 3.05) is 0 Å². The largest absolute Gasteiger partial charge is 0.416 e. The Morgan fingerprint density at radius 2 is 0.405 bits per heavy atom. The van der Waals surface area contributed by atoms with Crippen LogP contribution in [0.3, 0.4) is 0 Å². The van der Waals surface area contributed by atoms with Crippen LogP contribution in [-0.2, 0) is 6.18 Å². The molecule has 3 heterocycles. The molecule has 0 N–H and O–H groups in total. The summed E-state index contributed by atoms with van der Waals surface area (Å²) in [6.45, 7) is 1.99. The SMILES string of the molecule is Cc1cc(F)ccc1-c1c2ccccc2c(-c2ccc(-n3c4ccccc4c4ccccc43)cc2)c2ccccc12.Fc1ccc(C(F)(F)F)cc1-c1c2ccccc2c(-c2ccc(-n3c4ccccc4c4ccccc43)cc2)c2ccccc12.Fc1ccc(F)c(-c2c3ccccc3c(-c3ccc(-n4c5ccccc5c5ccccc54)cc3)c3ccccc23)c1. The van der Waals surface area contributed by atoms with E-state index in [4.69, 9.17) is 0 Å². The van der Waals surface area contributed by atoms with Crippen LogP contribution >= 0.6 is 0 Å². The highest BCUT2D eigenvalue weighted by Crippen LogP contribution is 2.50. The van der Waals surface area contributed by atoms with Gasteiger partial charge in [0, 0.05) is 71.6 Å². The van der Waals surface area contributed by atoms with E-state index in [9.17, 15) is 22.0 Å². The molecule has 0 aliphatic carbocycles. The number of rotatable bonds is 9. The highest BCUT2D eigenvalue weighted by molar-refractivity contribution is 6.25. The number of para-hydroxylation sites is 6. The highest BCUT2D eigenvalue weighted by atomic mass is 19.4. The van der Waals surface area contributed by atoms with Crippen LogP contribution < -0.4 is 0 Å². The Morgan fingerprint density at radius 3 is 0.667 bits per heavy atom. The molecule has 21 aromatic carbocycles. The Hall–Kier alpha value is -15.9. The first-order valence-corrected chi connectivity index (χ1v) is 41.9. The third-order valence-corrected chi connectivity index (χ3v) is 25.0. The van der Waals surface area contributed by atoms with Crippen LogP contribution in [0.2, 0.25) is 0 Å². The fourth-order valence-corrected chi connectivity index (χ4v) is 19.6. The maximum absolute atomic E-state index is 15.4. The van der Waals surface area contributed by atoms with Gasteiger partial charge < -0.3 is 13.7 Å². The van der Waals surface area contributed by atoms with E-state index in [1.165, 1.54) is 99.2 Å². The van der Waals surface area contributed by atoms with Crippen molar-refractivity contribution in [3.05, 3.63) is 453 Å². The van der Waals surface area contributed by atoms with Gasteiger partial charge in [0.05, 0.1) is 38.7 Å². The summed E-state index contributed by atoms with van der Waals surface area (Å²) in [7, 11) is 0. The minimum Gasteiger partial charge on any atom is -0.309 e. The van der Waals surface area contributed by atoms with E-state index in [1.54, 1.807) is 12.1 Å². The smallest absolute Gasteiger partial charge is 0.309 e. The zero-order chi connectivity index (χ0) is 85.0. The molecule has 0 fully saturated rings. The molecule has 126 heavy (non-hydrogen) atoms. The summed E-state index contributed by atoms with van der Waals surface area (Å²) in [5.74, 6) is -1.80. The van der Waals surface area contributed by atoms with Gasteiger partial charge in [-0.15, -0.1) is 0 Å². The topological polar surface area (TPSA) is 14.8 Å². The van der Waals surface area contributed by atoms with Crippen molar-refractivity contribution in [1.82, 2.24) is 13.7 Å². The van der Waals surface area contributed by atoms with Crippen LogP contribution in [0.25, 0.3) is 214 Å². The van der Waals surface area contributed by atoms with E-state index >= 15 is 8.78 Å². The van der Waals surface area contributed by atoms with Gasteiger partial charge in [-0.3, -0.25) is 0 Å². The highest BCUT2D eigenvalue weighted by Gasteiger charge is 2.33. The van der Waals surface area contributed by atoms with Gasteiger partial charge in [0.25, 0.3) is 0 Å². The van der Waals surface area contributed by atoms with E-state index in [0.717, 1.165) is 124 Å². The lowest BCUT2D eigenvalue weighted by molar-refractivity contribution is -0.137. The van der Waals surface area contributed by atoms with E-state index in [2.05, 4.69) is 268 Å². The monoisotopic (exact) mass is 1640 g/mol. The molecular formula is C116H72F7N3. The van der Waals surface area contributed by atoms with Crippen LogP contribution in [0.4, 0.5) is 30.7 Å². The third kappa shape index (κ3) is 12.8. The van der Waals surface area contributed by atoms with Gasteiger partial charge >= 0.3 is 6.18 Å². The Bertz CT molecular complexity index is 8180. The minimum atomic E-state index is -4.59. The summed E-state index contributed by atoms with van der Waals surface area (Å²) < 4.78 is 107. The van der Waals surface area contributed by atoms with Crippen molar-refractivity contribution in [3.8, 4) is 83.8 Å². The molecule has 0 unspecified atom stereocenters. The average Bonchev–Trinajstić information content (AvgIpc) is 1.22. The van der Waals surface area contributed by atoms with Gasteiger partial charge in [0.2, 0.25) is 0 Å². The minimum absolute atomic E-state index is 0.0690. The van der Waals surface area contributed by atoms with Gasteiger partial charge in [-0.25, -0.2) is 17.6 Å². The van der Waals surface area contributed by atoms with Crippen molar-refractivity contribution in [1.29, 1.82) is 0 Å². The summed E-state index contributed by atoms with van der Waals surface area (Å²) in [4.78, 5) is 0. The zero-order valence-electron chi connectivity index (χ0n) is 67.8. The van der Waals surface area contributed by atoms with E-state index in [1.807, 2.05) is 122 Å². The molecule has 0 spiro atoms. The summed E-state index contributed by atoms with van der Waals surface area (Å²) in [5.41, 5.74) is 20.3. The van der Waals surface area contributed by atoms with Crippen molar-refractivity contribution in [2.45, 2.75) is 13.1 Å². The maximum Gasteiger partial charge on any atom is 0.416 e. The molecule has 10 heteroatoms. The Morgan fingerprint density at radius 1 is 0.190 bits per heavy atom. The van der Waals surface area contributed by atoms with E-state index < -0.39 is 29.2 Å². The number of fused-ring (bicyclic) bond motifs is 15. The molecule has 0 amide bonds. The molecule has 0 saturated carbocycles. The predicted molar refractivity (Wildman–Crippen MR) is 510 cm³/mol. The summed E-state index contributed by atoms with van der Waals surface area (Å²) in [6, 6.07) is 137. The second-order valence-corrected chi connectivity index (χ2v) is 32.0. The molecule has 24 aromatic rings. The first-order valence-electron chi connectivity index (χ1n) is 41.9. The number of halogens is 7. The number of aryl methyl sites for hydroxylation is 1. The van der Waals surface area contributed by atoms with E-state index in [-0.39, 0.29) is 16.9 Å². The van der Waals surface area contributed by atoms with Gasteiger partial charge in [-0.2, -0.15) is 13.2 Å². The van der Waals surface area contributed by atoms with Crippen molar-refractivity contribution in [3.63, 3.8) is 0 Å². The molecule has 0 saturated heterocycles. The Balaban J connectivity index is 0.000000112. The normalized spacial score (nSPS) is 11.8. The predicted octanol–water partition coefficient (Wildman–Crippen LogP) is 33.2. The molecule has 3 aromatic heterocycles. The van der Waals surface area contributed by atoms with Gasteiger partial charge in [-0.05, 0) is 243 Å². The maximum atomic E-state index is 15.4. The first-order chi connectivity index (χ1) is 61.8. The van der Waals surface area contributed by atoms with Crippen LogP contribution in [0, 0.1) is 30.2 Å². The summed E-state index contributed by atoms with van der Waals surface area (Å²) >= 11 is 0. The molecule has 0 aliphatic heterocycles. The second-order valence-electron chi connectivity index (χ2n) is 32.0. The third-order valence-electron chi connectivity index (χ3n) is 25.0. The molecular weight excluding hydrogens is 1570 g/mol. The molecule has 0 bridgehead atoms. The number of alkyl halides is 3. The molecule has 3 nitrogen and oxygen atoms in total. The number of hydrogen-bond donors (Lipinski definition) is 0. The Kier molecular flexibility index (Phi) is 18.7. The summed E-state index contributed by atoms with van der Waals surface area (Å²) in [5, 5.41) is 18.9. The lowest BCUT2D eigenvalue weighted by atomic mass is 9.85. The lowest BCUT2D eigenvalue weighted by Crippen LogP contribution is -2.05. The fourth-order valence-electron chi connectivity index (χ4n) is 19.6. The fraction of sp³-hybridized carbons (Fsp3) is 0.0172. The van der Waals surface area contributed by atoms with Crippen LogP contribution in [0.15, 0.2) is 419 Å². The summed E-state index contributed by atoms with van der Waals surface area (Å²) in [6.07, 6.45) is -4.59. The molecule has 600 valence electrons. The van der Waals surface area contributed by atoms with Crippen molar-refractivity contribution in [2.24, 2.45) is 0 Å². The first kappa shape index (κ1) is 76.2. The standard InChI is InChI=1S/C39H23F4N.C39H26FN.C38H23F2N/c40-34-22-19-25(39(41,42)43)23-33(34)38-31-13-3-1-11-29(31)37(30-12-2-4-14-32(30)38)24-17-20-26(21-18-24)44-35-15-7-5-9-27(35)28-10-6-8-16-36(28)44;1-25-24-27(40)20-23-29(25)39-34-14-4-2-12-32(34)38(33-13-3-5-15-35(33)39)26-18-21-28(22-19-26)41-36-16-8-6-10-30(36)31-11-7-9-17-37(31)41;39-25-19-22-34(40)33(23-25)38-31-13-3-1-11-29(31)37(30-12-2-4-14-32(30)38)24-17-20-26(21-18-24)41-35-15-7-5-9-27(35)28-10-6-8-16-36(28)41/h1-23H;2-24H,1H3;1-23H. The van der Waals surface area contributed by atoms with Gasteiger partial charge in [-0.1, -0.05) is 297 Å². The number of aromatic nitrogens is 3. The Labute approximate surface area is 719 Å². The number of hydrogen-bond acceptors (Lipinski definition) is 0. The van der Waals surface area contributed by atoms with Crippen LogP contribution in [0.5, 0.6) is 0 Å². The molecule has 0 aliphatic rings. The molecule has 0 atom stereocenters. The number of benzene rings is 21. The van der Waals surface area contributed by atoms with Crippen molar-refractivity contribution >= 4 is 130 Å². The van der Waals surface area contributed by atoms with Crippen LogP contribution in [-0.4, -0.2) is 13.7 Å². The average molecular weight is 1640 g/mol. The molecule has 0 radical (unpaired) electrons. The number of nitrogens with zero attached hydrogens (tertiary/aromatic N) is 3. The van der Waals surface area contributed by atoms with Gasteiger partial charge in [0.15, 0.2) is 0 Å². The van der Waals surface area contributed by atoms with Crippen molar-refractivity contribution < 1.29 is 30.7 Å². The van der Waals surface area contributed by atoms with Gasteiger partial charge in [0.1, 0.15) is 23.3 Å². The van der Waals surface area contributed by atoms with E-state index in [0.29, 0.717) is 21.9 Å². The second kappa shape index (κ2) is 30.9. The molecule has 24 rings (SSSR count). The quantitative estimate of drug-likeness (QED) is 0.101. The van der Waals surface area contributed by atoms with Crippen LogP contribution in [0.1, 0.15) is 11.1 Å².